The standard InChI is InChI=1S/C20H19ClN2O5/c1-25-16-5-3-4-13(19(16)26-2)8-11-18(24)27-12-17-22-20(23-28-17)14-6-9-15(21)10-7-14/h3-7,9-10H,8,11-12H2,1-2H3. The Hall–Kier alpha value is -3.06. The van der Waals surface area contributed by atoms with Crippen molar-refractivity contribution in [3.63, 3.8) is 0 Å². The summed E-state index contributed by atoms with van der Waals surface area (Å²) in [6.07, 6.45) is 0.640. The van der Waals surface area contributed by atoms with E-state index in [0.29, 0.717) is 28.8 Å². The summed E-state index contributed by atoms with van der Waals surface area (Å²) in [6.45, 7) is -0.0886. The Kier molecular flexibility index (Phi) is 6.49. The third kappa shape index (κ3) is 4.80. The lowest BCUT2D eigenvalue weighted by Gasteiger charge is -2.12. The number of halogens is 1. The molecule has 0 bridgehead atoms. The summed E-state index contributed by atoms with van der Waals surface area (Å²) in [6, 6.07) is 12.6. The molecule has 0 aliphatic rings. The van der Waals surface area contributed by atoms with Gasteiger partial charge in [-0.25, -0.2) is 0 Å². The first-order chi connectivity index (χ1) is 13.6. The molecule has 1 aromatic heterocycles. The topological polar surface area (TPSA) is 83.7 Å². The van der Waals surface area contributed by atoms with Gasteiger partial charge < -0.3 is 18.7 Å². The van der Waals surface area contributed by atoms with E-state index in [1.165, 1.54) is 0 Å². The van der Waals surface area contributed by atoms with Gasteiger partial charge in [-0.2, -0.15) is 4.98 Å². The van der Waals surface area contributed by atoms with Gasteiger partial charge in [-0.05, 0) is 42.3 Å². The number of carbonyl (C=O) groups is 1. The SMILES string of the molecule is COc1cccc(CCC(=O)OCc2nc(-c3ccc(Cl)cc3)no2)c1OC. The van der Waals surface area contributed by atoms with E-state index in [1.807, 2.05) is 12.1 Å². The number of nitrogens with zero attached hydrogens (tertiary/aromatic N) is 2. The van der Waals surface area contributed by atoms with Crippen LogP contribution in [0.4, 0.5) is 0 Å². The van der Waals surface area contributed by atoms with E-state index in [4.69, 9.17) is 30.3 Å². The third-order valence-corrected chi connectivity index (χ3v) is 4.26. The highest BCUT2D eigenvalue weighted by Gasteiger charge is 2.14. The molecular formula is C20H19ClN2O5. The summed E-state index contributed by atoms with van der Waals surface area (Å²) in [7, 11) is 3.13. The first-order valence-electron chi connectivity index (χ1n) is 8.54. The molecule has 0 N–H and O–H groups in total. The van der Waals surface area contributed by atoms with Gasteiger partial charge >= 0.3 is 5.97 Å². The first kappa shape index (κ1) is 19.7. The monoisotopic (exact) mass is 402 g/mol. The first-order valence-corrected chi connectivity index (χ1v) is 8.92. The smallest absolute Gasteiger partial charge is 0.306 e. The zero-order valence-electron chi connectivity index (χ0n) is 15.5. The molecule has 0 saturated carbocycles. The molecule has 3 aromatic rings. The van der Waals surface area contributed by atoms with Gasteiger partial charge in [0.05, 0.1) is 14.2 Å². The van der Waals surface area contributed by atoms with E-state index < -0.39 is 0 Å². The summed E-state index contributed by atoms with van der Waals surface area (Å²) in [5.41, 5.74) is 1.62. The maximum Gasteiger partial charge on any atom is 0.306 e. The molecule has 8 heteroatoms. The zero-order valence-corrected chi connectivity index (χ0v) is 16.2. The lowest BCUT2D eigenvalue weighted by molar-refractivity contribution is -0.145. The third-order valence-electron chi connectivity index (χ3n) is 4.01. The molecule has 0 spiro atoms. The van der Waals surface area contributed by atoms with Crippen molar-refractivity contribution in [2.24, 2.45) is 0 Å². The maximum atomic E-state index is 12.1. The van der Waals surface area contributed by atoms with Crippen LogP contribution in [0.25, 0.3) is 11.4 Å². The minimum atomic E-state index is -0.379. The fourth-order valence-electron chi connectivity index (χ4n) is 2.63. The Bertz CT molecular complexity index is 940. The number of aryl methyl sites for hydroxylation is 1. The molecule has 7 nitrogen and oxygen atoms in total. The number of benzene rings is 2. The van der Waals surface area contributed by atoms with Crippen molar-refractivity contribution in [1.29, 1.82) is 0 Å². The number of methoxy groups -OCH3 is 2. The van der Waals surface area contributed by atoms with E-state index in [2.05, 4.69) is 10.1 Å². The molecular weight excluding hydrogens is 384 g/mol. The van der Waals surface area contributed by atoms with E-state index in [1.54, 1.807) is 44.6 Å². The Morgan fingerprint density at radius 1 is 1.11 bits per heavy atom. The van der Waals surface area contributed by atoms with Crippen molar-refractivity contribution < 1.29 is 23.5 Å². The highest BCUT2D eigenvalue weighted by molar-refractivity contribution is 6.30. The molecule has 0 aliphatic carbocycles. The number of ether oxygens (including phenoxy) is 3. The second-order valence-corrected chi connectivity index (χ2v) is 6.27. The predicted molar refractivity (Wildman–Crippen MR) is 102 cm³/mol. The van der Waals surface area contributed by atoms with Gasteiger partial charge in [0.15, 0.2) is 18.1 Å². The summed E-state index contributed by atoms with van der Waals surface area (Å²) < 4.78 is 21.0. The van der Waals surface area contributed by atoms with E-state index in [9.17, 15) is 4.79 Å². The van der Waals surface area contributed by atoms with Crippen molar-refractivity contribution in [2.45, 2.75) is 19.4 Å². The Morgan fingerprint density at radius 3 is 2.61 bits per heavy atom. The van der Waals surface area contributed by atoms with Crippen LogP contribution in [0.15, 0.2) is 47.0 Å². The number of esters is 1. The Labute approximate surface area is 167 Å². The molecule has 0 fully saturated rings. The summed E-state index contributed by atoms with van der Waals surface area (Å²) in [4.78, 5) is 16.3. The average Bonchev–Trinajstić information content (AvgIpc) is 3.19. The molecule has 146 valence electrons. The van der Waals surface area contributed by atoms with Gasteiger partial charge in [0, 0.05) is 17.0 Å². The van der Waals surface area contributed by atoms with Crippen molar-refractivity contribution >= 4 is 17.6 Å². The van der Waals surface area contributed by atoms with Crippen molar-refractivity contribution in [3.8, 4) is 22.9 Å². The fraction of sp³-hybridized carbons (Fsp3) is 0.250. The summed E-state index contributed by atoms with van der Waals surface area (Å²) >= 11 is 5.86. The number of carbonyl (C=O) groups excluding carboxylic acids is 1. The van der Waals surface area contributed by atoms with Crippen LogP contribution in [-0.4, -0.2) is 30.3 Å². The second-order valence-electron chi connectivity index (χ2n) is 5.83. The highest BCUT2D eigenvalue weighted by atomic mass is 35.5. The van der Waals surface area contributed by atoms with Crippen LogP contribution in [0, 0.1) is 0 Å². The minimum Gasteiger partial charge on any atom is -0.493 e. The number of para-hydroxylation sites is 1. The summed E-state index contributed by atoms with van der Waals surface area (Å²) in [5.74, 6) is 1.48. The van der Waals surface area contributed by atoms with Crippen LogP contribution in [0.2, 0.25) is 5.02 Å². The van der Waals surface area contributed by atoms with Crippen LogP contribution in [0.5, 0.6) is 11.5 Å². The molecule has 0 saturated heterocycles. The van der Waals surface area contributed by atoms with Crippen molar-refractivity contribution in [3.05, 3.63) is 58.9 Å². The van der Waals surface area contributed by atoms with E-state index >= 15 is 0 Å². The van der Waals surface area contributed by atoms with Crippen LogP contribution in [-0.2, 0) is 22.6 Å². The predicted octanol–water partition coefficient (Wildman–Crippen LogP) is 4.08. The minimum absolute atomic E-state index is 0.0886. The number of hydrogen-bond donors (Lipinski definition) is 0. The molecule has 1 heterocycles. The van der Waals surface area contributed by atoms with Gasteiger partial charge in [-0.3, -0.25) is 4.79 Å². The van der Waals surface area contributed by atoms with E-state index in [0.717, 1.165) is 11.1 Å². The molecule has 0 unspecified atom stereocenters. The van der Waals surface area contributed by atoms with Gasteiger partial charge in [-0.15, -0.1) is 0 Å². The lowest BCUT2D eigenvalue weighted by Crippen LogP contribution is -2.07. The molecule has 0 radical (unpaired) electrons. The average molecular weight is 403 g/mol. The quantitative estimate of drug-likeness (QED) is 0.525. The van der Waals surface area contributed by atoms with Gasteiger partial charge in [0.1, 0.15) is 0 Å². The molecule has 0 aliphatic heterocycles. The van der Waals surface area contributed by atoms with Crippen LogP contribution in [0.1, 0.15) is 17.9 Å². The molecule has 0 amide bonds. The Balaban J connectivity index is 1.53. The number of rotatable bonds is 8. The Morgan fingerprint density at radius 2 is 1.89 bits per heavy atom. The van der Waals surface area contributed by atoms with Crippen LogP contribution < -0.4 is 9.47 Å². The molecule has 2 aromatic carbocycles. The summed E-state index contributed by atoms with van der Waals surface area (Å²) in [5, 5.41) is 4.50. The fourth-order valence-corrected chi connectivity index (χ4v) is 2.76. The largest absolute Gasteiger partial charge is 0.493 e. The maximum absolute atomic E-state index is 12.1. The normalized spacial score (nSPS) is 10.5. The van der Waals surface area contributed by atoms with Gasteiger partial charge in [-0.1, -0.05) is 28.9 Å². The van der Waals surface area contributed by atoms with Crippen LogP contribution in [0.3, 0.4) is 0 Å². The van der Waals surface area contributed by atoms with E-state index in [-0.39, 0.29) is 24.9 Å². The van der Waals surface area contributed by atoms with Crippen molar-refractivity contribution in [2.75, 3.05) is 14.2 Å². The number of aromatic nitrogens is 2. The highest BCUT2D eigenvalue weighted by Crippen LogP contribution is 2.31. The molecule has 28 heavy (non-hydrogen) atoms. The lowest BCUT2D eigenvalue weighted by atomic mass is 10.1. The van der Waals surface area contributed by atoms with Crippen LogP contribution >= 0.6 is 11.6 Å². The molecule has 3 rings (SSSR count). The van der Waals surface area contributed by atoms with Gasteiger partial charge in [0.2, 0.25) is 5.82 Å². The van der Waals surface area contributed by atoms with Crippen molar-refractivity contribution in [1.82, 2.24) is 10.1 Å². The molecule has 0 atom stereocenters. The number of hydrogen-bond acceptors (Lipinski definition) is 7. The zero-order chi connectivity index (χ0) is 19.9. The second kappa shape index (κ2) is 9.23. The van der Waals surface area contributed by atoms with Gasteiger partial charge in [0.25, 0.3) is 5.89 Å².